The van der Waals surface area contributed by atoms with Gasteiger partial charge in [0.1, 0.15) is 12.5 Å². The third-order valence-corrected chi connectivity index (χ3v) is 6.81. The van der Waals surface area contributed by atoms with Crippen LogP contribution < -0.4 is 16.0 Å². The molecule has 1 heterocycles. The zero-order valence-corrected chi connectivity index (χ0v) is 21.2. The second-order valence-corrected chi connectivity index (χ2v) is 9.92. The Morgan fingerprint density at radius 1 is 1.28 bits per heavy atom. The first-order chi connectivity index (χ1) is 16.9. The van der Waals surface area contributed by atoms with Gasteiger partial charge in [0.25, 0.3) is 0 Å². The van der Waals surface area contributed by atoms with Crippen molar-refractivity contribution in [3.8, 4) is 6.07 Å². The molecule has 9 nitrogen and oxygen atoms in total. The average Bonchev–Trinajstić information content (AvgIpc) is 3.09. The molecule has 0 spiro atoms. The minimum atomic E-state index is -4.57. The van der Waals surface area contributed by atoms with E-state index in [0.29, 0.717) is 25.2 Å². The summed E-state index contributed by atoms with van der Waals surface area (Å²) in [7, 11) is 3.60. The molecule has 3 unspecified atom stereocenters. The monoisotopic (exact) mass is 528 g/mol. The van der Waals surface area contributed by atoms with Crippen molar-refractivity contribution in [2.24, 2.45) is 5.92 Å². The fraction of sp³-hybridized carbons (Fsp3) is 0.565. The quantitative estimate of drug-likeness (QED) is 0.382. The van der Waals surface area contributed by atoms with Gasteiger partial charge in [-0.25, -0.2) is 0 Å². The van der Waals surface area contributed by atoms with E-state index in [4.69, 9.17) is 0 Å². The topological polar surface area (TPSA) is 118 Å². The molecule has 3 N–H and O–H groups in total. The normalized spacial score (nSPS) is 18.6. The maximum Gasteiger partial charge on any atom is 0.405 e. The lowest BCUT2D eigenvalue weighted by molar-refractivity contribution is -0.140. The number of anilines is 2. The van der Waals surface area contributed by atoms with E-state index >= 15 is 0 Å². The summed E-state index contributed by atoms with van der Waals surface area (Å²) >= 11 is 1.31. The number of halogens is 3. The molecule has 1 aromatic carbocycles. The lowest BCUT2D eigenvalue weighted by Gasteiger charge is -2.23. The molecule has 1 aromatic rings. The van der Waals surface area contributed by atoms with E-state index in [2.05, 4.69) is 10.6 Å². The summed E-state index contributed by atoms with van der Waals surface area (Å²) in [5.41, 5.74) is 1.41. The molecule has 0 radical (unpaired) electrons. The number of nitrogens with one attached hydrogen (secondary N) is 3. The molecule has 1 saturated heterocycles. The molecule has 1 aliphatic heterocycles. The molecular formula is C23H31F3N6O3S. The molecule has 2 rings (SSSR count). The molecule has 0 aliphatic carbocycles. The van der Waals surface area contributed by atoms with Crippen molar-refractivity contribution in [2.45, 2.75) is 36.6 Å². The third-order valence-electron chi connectivity index (χ3n) is 5.28. The van der Waals surface area contributed by atoms with Gasteiger partial charge in [-0.2, -0.15) is 18.4 Å². The van der Waals surface area contributed by atoms with Crippen molar-refractivity contribution < 1.29 is 27.6 Å². The van der Waals surface area contributed by atoms with E-state index in [9.17, 15) is 32.8 Å². The van der Waals surface area contributed by atoms with Gasteiger partial charge in [0.05, 0.1) is 23.2 Å². The van der Waals surface area contributed by atoms with Gasteiger partial charge in [0.2, 0.25) is 17.7 Å². The summed E-state index contributed by atoms with van der Waals surface area (Å²) in [6, 6.07) is 8.95. The van der Waals surface area contributed by atoms with E-state index in [-0.39, 0.29) is 24.8 Å². The Balaban J connectivity index is 1.91. The zero-order chi connectivity index (χ0) is 26.9. The number of hydrogen-bond donors (Lipinski definition) is 3. The minimum absolute atomic E-state index is 0.0525. The highest BCUT2D eigenvalue weighted by Crippen LogP contribution is 2.37. The highest BCUT2D eigenvalue weighted by Gasteiger charge is 2.41. The number of nitriles is 1. The Morgan fingerprint density at radius 3 is 2.58 bits per heavy atom. The molecule has 3 atom stereocenters. The molecule has 36 heavy (non-hydrogen) atoms. The number of alkyl halides is 3. The van der Waals surface area contributed by atoms with Crippen molar-refractivity contribution >= 4 is 40.9 Å². The first-order valence-corrected chi connectivity index (χ1v) is 12.4. The third kappa shape index (κ3) is 9.23. The van der Waals surface area contributed by atoms with Crippen LogP contribution >= 0.6 is 11.8 Å². The maximum absolute atomic E-state index is 12.8. The van der Waals surface area contributed by atoms with Gasteiger partial charge in [-0.3, -0.25) is 14.4 Å². The second kappa shape index (κ2) is 13.4. The smallest absolute Gasteiger partial charge is 0.385 e. The predicted octanol–water partition coefficient (Wildman–Crippen LogP) is 2.49. The van der Waals surface area contributed by atoms with Crippen LogP contribution in [0.1, 0.15) is 19.8 Å². The van der Waals surface area contributed by atoms with Gasteiger partial charge in [0.15, 0.2) is 0 Å². The molecule has 0 bridgehead atoms. The SMILES string of the molecule is CCN1C(=O)C(CCNc2cccc(NC(=O)CN(C)C)c2)SC1CC(C#N)C(=O)NCC(F)(F)F. The predicted molar refractivity (Wildman–Crippen MR) is 132 cm³/mol. The lowest BCUT2D eigenvalue weighted by atomic mass is 10.1. The van der Waals surface area contributed by atoms with E-state index in [1.54, 1.807) is 60.4 Å². The Bertz CT molecular complexity index is 969. The number of carbonyl (C=O) groups excluding carboxylic acids is 3. The Labute approximate surface area is 212 Å². The summed E-state index contributed by atoms with van der Waals surface area (Å²) in [6.45, 7) is 1.33. The highest BCUT2D eigenvalue weighted by atomic mass is 32.2. The molecule has 13 heteroatoms. The fourth-order valence-electron chi connectivity index (χ4n) is 3.65. The van der Waals surface area contributed by atoms with Crippen molar-refractivity contribution in [3.63, 3.8) is 0 Å². The summed E-state index contributed by atoms with van der Waals surface area (Å²) in [6.07, 6.45) is -4.16. The molecule has 0 aromatic heterocycles. The van der Waals surface area contributed by atoms with Crippen molar-refractivity contribution in [1.82, 2.24) is 15.1 Å². The van der Waals surface area contributed by atoms with Gasteiger partial charge in [-0.15, -0.1) is 11.8 Å². The van der Waals surface area contributed by atoms with Crippen LogP contribution in [0.15, 0.2) is 24.3 Å². The van der Waals surface area contributed by atoms with E-state index in [1.807, 2.05) is 6.07 Å². The van der Waals surface area contributed by atoms with Crippen LogP contribution in [0.4, 0.5) is 24.5 Å². The van der Waals surface area contributed by atoms with Crippen molar-refractivity contribution in [2.75, 3.05) is 50.9 Å². The summed E-state index contributed by atoms with van der Waals surface area (Å²) in [5.74, 6) is -2.57. The average molecular weight is 529 g/mol. The van der Waals surface area contributed by atoms with Gasteiger partial charge in [-0.05, 0) is 45.6 Å². The Hall–Kier alpha value is -2.98. The van der Waals surface area contributed by atoms with Gasteiger partial charge >= 0.3 is 6.18 Å². The number of benzene rings is 1. The van der Waals surface area contributed by atoms with E-state index in [1.165, 1.54) is 11.8 Å². The van der Waals surface area contributed by atoms with Crippen LogP contribution in [0.25, 0.3) is 0 Å². The Kier molecular flexibility index (Phi) is 10.9. The largest absolute Gasteiger partial charge is 0.405 e. The van der Waals surface area contributed by atoms with E-state index in [0.717, 1.165) is 5.69 Å². The molecule has 1 fully saturated rings. The van der Waals surface area contributed by atoms with Gasteiger partial charge in [-0.1, -0.05) is 6.07 Å². The summed E-state index contributed by atoms with van der Waals surface area (Å²) in [5, 5.41) is 16.2. The number of hydrogen-bond acceptors (Lipinski definition) is 7. The molecule has 198 valence electrons. The number of rotatable bonds is 12. The summed E-state index contributed by atoms with van der Waals surface area (Å²) in [4.78, 5) is 40.2. The van der Waals surface area contributed by atoms with Crippen LogP contribution in [-0.2, 0) is 14.4 Å². The number of carbonyl (C=O) groups is 3. The van der Waals surface area contributed by atoms with Gasteiger partial charge in [0, 0.05) is 30.9 Å². The zero-order valence-electron chi connectivity index (χ0n) is 20.4. The Morgan fingerprint density at radius 2 is 1.97 bits per heavy atom. The molecule has 1 aliphatic rings. The molecular weight excluding hydrogens is 497 g/mol. The van der Waals surface area contributed by atoms with Crippen LogP contribution in [0, 0.1) is 17.2 Å². The maximum atomic E-state index is 12.8. The summed E-state index contributed by atoms with van der Waals surface area (Å²) < 4.78 is 37.2. The van der Waals surface area contributed by atoms with Crippen molar-refractivity contribution in [3.05, 3.63) is 24.3 Å². The van der Waals surface area contributed by atoms with Crippen molar-refractivity contribution in [1.29, 1.82) is 5.26 Å². The lowest BCUT2D eigenvalue weighted by Crippen LogP contribution is -2.40. The second-order valence-electron chi connectivity index (χ2n) is 8.54. The van der Waals surface area contributed by atoms with E-state index < -0.39 is 35.2 Å². The first-order valence-electron chi connectivity index (χ1n) is 11.4. The molecule has 3 amide bonds. The molecule has 0 saturated carbocycles. The number of likely N-dealkylation sites (N-methyl/N-ethyl adjacent to an activating group) is 1. The highest BCUT2D eigenvalue weighted by molar-refractivity contribution is 8.01. The minimum Gasteiger partial charge on any atom is -0.385 e. The van der Waals surface area contributed by atoms with Crippen LogP contribution in [-0.4, -0.2) is 84.6 Å². The van der Waals surface area contributed by atoms with Crippen LogP contribution in [0.3, 0.4) is 0 Å². The van der Waals surface area contributed by atoms with Crippen LogP contribution in [0.2, 0.25) is 0 Å². The number of nitrogens with zero attached hydrogens (tertiary/aromatic N) is 3. The first kappa shape index (κ1) is 29.3. The standard InChI is InChI=1S/C23H31F3N6O3S/c1-4-32-20(10-15(12-27)21(34)29-14-23(24,25)26)36-18(22(32)35)8-9-28-16-6-5-7-17(11-16)30-19(33)13-31(2)3/h5-7,11,15,18,20,28H,4,8-10,13-14H2,1-3H3,(H,29,34)(H,30,33). The van der Waals surface area contributed by atoms with Crippen LogP contribution in [0.5, 0.6) is 0 Å². The number of amides is 3. The van der Waals surface area contributed by atoms with Gasteiger partial charge < -0.3 is 25.8 Å². The number of thioether (sulfide) groups is 1. The fourth-order valence-corrected chi connectivity index (χ4v) is 5.24.